The van der Waals surface area contributed by atoms with Crippen molar-refractivity contribution in [3.63, 3.8) is 0 Å². The van der Waals surface area contributed by atoms with E-state index in [1.54, 1.807) is 12.3 Å². The summed E-state index contributed by atoms with van der Waals surface area (Å²) in [6.45, 7) is 0. The number of hydrogen-bond donors (Lipinski definition) is 1. The van der Waals surface area contributed by atoms with Gasteiger partial charge in [-0.25, -0.2) is 0 Å². The molecule has 5 rings (SSSR count). The lowest BCUT2D eigenvalue weighted by Crippen LogP contribution is -2.17. The van der Waals surface area contributed by atoms with Gasteiger partial charge in [0.25, 0.3) is 5.91 Å². The van der Waals surface area contributed by atoms with Crippen LogP contribution in [0.25, 0.3) is 28.2 Å². The first kappa shape index (κ1) is 18.6. The van der Waals surface area contributed by atoms with E-state index in [0.717, 1.165) is 22.1 Å². The quantitative estimate of drug-likeness (QED) is 0.414. The van der Waals surface area contributed by atoms with E-state index in [0.29, 0.717) is 20.9 Å². The molecule has 1 amide bonds. The molecule has 1 saturated carbocycles. The molecule has 2 fully saturated rings. The molecule has 0 atom stereocenters. The average Bonchev–Trinajstić information content (AvgIpc) is 3.30. The topological polar surface area (TPSA) is 55.1 Å². The lowest BCUT2D eigenvalue weighted by Gasteiger charge is -2.22. The Labute approximate surface area is 178 Å². The maximum atomic E-state index is 11.9. The molecular formula is C23H20N2O2S2. The fraction of sp³-hybridized carbons (Fsp3) is 0.261. The fourth-order valence-electron chi connectivity index (χ4n) is 4.18. The summed E-state index contributed by atoms with van der Waals surface area (Å²) in [7, 11) is 0. The molecule has 146 valence electrons. The predicted molar refractivity (Wildman–Crippen MR) is 122 cm³/mol. The average molecular weight is 421 g/mol. The zero-order chi connectivity index (χ0) is 19.8. The Kier molecular flexibility index (Phi) is 4.97. The van der Waals surface area contributed by atoms with Gasteiger partial charge in [0.05, 0.1) is 4.91 Å². The van der Waals surface area contributed by atoms with E-state index in [1.807, 2.05) is 12.3 Å². The highest BCUT2D eigenvalue weighted by atomic mass is 32.2. The Morgan fingerprint density at radius 1 is 1.14 bits per heavy atom. The zero-order valence-corrected chi connectivity index (χ0v) is 17.4. The highest BCUT2D eigenvalue weighted by molar-refractivity contribution is 8.26. The number of thiocarbonyl (C=S) groups is 1. The molecule has 1 aliphatic heterocycles. The van der Waals surface area contributed by atoms with Gasteiger partial charge in [-0.3, -0.25) is 9.78 Å². The third kappa shape index (κ3) is 3.74. The fourth-order valence-corrected chi connectivity index (χ4v) is 5.20. The van der Waals surface area contributed by atoms with Crippen LogP contribution in [0.2, 0.25) is 0 Å². The number of thioether (sulfide) groups is 1. The number of furan rings is 1. The smallest absolute Gasteiger partial charge is 0.263 e. The molecular weight excluding hydrogens is 400 g/mol. The van der Waals surface area contributed by atoms with Gasteiger partial charge in [-0.05, 0) is 36.0 Å². The predicted octanol–water partition coefficient (Wildman–Crippen LogP) is 6.03. The molecule has 0 radical (unpaired) electrons. The first-order valence-corrected chi connectivity index (χ1v) is 11.1. The van der Waals surface area contributed by atoms with Crippen LogP contribution in [0, 0.1) is 0 Å². The van der Waals surface area contributed by atoms with Crippen molar-refractivity contribution < 1.29 is 9.21 Å². The summed E-state index contributed by atoms with van der Waals surface area (Å²) in [6, 6.07) is 10.7. The molecule has 2 aromatic heterocycles. The minimum absolute atomic E-state index is 0.183. The summed E-state index contributed by atoms with van der Waals surface area (Å²) in [5.41, 5.74) is 4.26. The van der Waals surface area contributed by atoms with Crippen LogP contribution in [-0.2, 0) is 4.79 Å². The van der Waals surface area contributed by atoms with Crippen LogP contribution >= 0.6 is 24.0 Å². The molecule has 2 aliphatic rings. The highest BCUT2D eigenvalue weighted by Crippen LogP contribution is 2.36. The molecule has 3 heterocycles. The summed E-state index contributed by atoms with van der Waals surface area (Å²) >= 11 is 6.30. The Morgan fingerprint density at radius 3 is 2.66 bits per heavy atom. The summed E-state index contributed by atoms with van der Waals surface area (Å²) < 4.78 is 6.56. The van der Waals surface area contributed by atoms with Gasteiger partial charge in [-0.15, -0.1) is 0 Å². The lowest BCUT2D eigenvalue weighted by molar-refractivity contribution is -0.115. The second kappa shape index (κ2) is 7.76. The molecule has 4 nitrogen and oxygen atoms in total. The van der Waals surface area contributed by atoms with E-state index in [9.17, 15) is 4.79 Å². The van der Waals surface area contributed by atoms with E-state index in [1.165, 1.54) is 49.4 Å². The number of nitrogens with zero attached hydrogens (tertiary/aromatic N) is 1. The van der Waals surface area contributed by atoms with Crippen molar-refractivity contribution in [1.82, 2.24) is 10.3 Å². The van der Waals surface area contributed by atoms with Crippen LogP contribution in [0.3, 0.4) is 0 Å². The molecule has 1 N–H and O–H groups in total. The first-order valence-electron chi connectivity index (χ1n) is 9.90. The summed E-state index contributed by atoms with van der Waals surface area (Å²) in [5, 5.41) is 3.54. The van der Waals surface area contributed by atoms with E-state index in [2.05, 4.69) is 34.6 Å². The number of carbonyl (C=O) groups excluding carboxylic acids is 1. The van der Waals surface area contributed by atoms with Gasteiger partial charge in [-0.1, -0.05) is 67.5 Å². The molecule has 0 spiro atoms. The van der Waals surface area contributed by atoms with Crippen molar-refractivity contribution in [2.24, 2.45) is 0 Å². The Hall–Kier alpha value is -2.44. The molecule has 1 saturated heterocycles. The van der Waals surface area contributed by atoms with E-state index in [-0.39, 0.29) is 5.91 Å². The number of hydrogen-bond acceptors (Lipinski definition) is 5. The monoisotopic (exact) mass is 420 g/mol. The first-order chi connectivity index (χ1) is 14.2. The number of fused-ring (bicyclic) bond motifs is 1. The van der Waals surface area contributed by atoms with Gasteiger partial charge >= 0.3 is 0 Å². The van der Waals surface area contributed by atoms with Crippen LogP contribution in [0.5, 0.6) is 0 Å². The van der Waals surface area contributed by atoms with Crippen LogP contribution < -0.4 is 5.32 Å². The normalized spacial score (nSPS) is 19.2. The van der Waals surface area contributed by atoms with Crippen molar-refractivity contribution in [3.8, 4) is 11.1 Å². The minimum atomic E-state index is -0.183. The number of amides is 1. The van der Waals surface area contributed by atoms with Gasteiger partial charge in [-0.2, -0.15) is 0 Å². The summed E-state index contributed by atoms with van der Waals surface area (Å²) in [5.74, 6) is 1.13. The number of nitrogens with one attached hydrogen (secondary N) is 1. The van der Waals surface area contributed by atoms with Gasteiger partial charge < -0.3 is 9.73 Å². The third-order valence-corrected chi connectivity index (χ3v) is 6.82. The molecule has 6 heteroatoms. The summed E-state index contributed by atoms with van der Waals surface area (Å²) in [4.78, 5) is 16.8. The van der Waals surface area contributed by atoms with E-state index in [4.69, 9.17) is 16.6 Å². The van der Waals surface area contributed by atoms with Crippen molar-refractivity contribution in [3.05, 3.63) is 59.0 Å². The Morgan fingerprint density at radius 2 is 1.93 bits per heavy atom. The van der Waals surface area contributed by atoms with Crippen LogP contribution in [0.4, 0.5) is 0 Å². The Balaban J connectivity index is 1.47. The summed E-state index contributed by atoms with van der Waals surface area (Å²) in [6.07, 6.45) is 12.0. The second-order valence-corrected chi connectivity index (χ2v) is 9.28. The van der Waals surface area contributed by atoms with Crippen molar-refractivity contribution >= 4 is 51.3 Å². The van der Waals surface area contributed by atoms with Gasteiger partial charge in [0.15, 0.2) is 0 Å². The van der Waals surface area contributed by atoms with Crippen LogP contribution in [0.15, 0.2) is 52.0 Å². The molecule has 3 aromatic rings. The van der Waals surface area contributed by atoms with Gasteiger partial charge in [0, 0.05) is 29.4 Å². The number of pyridine rings is 1. The van der Waals surface area contributed by atoms with Crippen molar-refractivity contribution in [2.45, 2.75) is 38.0 Å². The second-order valence-electron chi connectivity index (χ2n) is 7.56. The van der Waals surface area contributed by atoms with E-state index < -0.39 is 0 Å². The maximum Gasteiger partial charge on any atom is 0.263 e. The number of rotatable bonds is 3. The van der Waals surface area contributed by atoms with E-state index >= 15 is 0 Å². The largest absolute Gasteiger partial charge is 0.456 e. The molecule has 1 aliphatic carbocycles. The number of aromatic nitrogens is 1. The highest BCUT2D eigenvalue weighted by Gasteiger charge is 2.23. The number of benzene rings is 1. The Bertz CT molecular complexity index is 1130. The minimum Gasteiger partial charge on any atom is -0.456 e. The standard InChI is InChI=1S/C23H20N2O2S2/c26-22-20(29-23(28)25-22)11-18-10-17-12-24-13-19(21(17)27-18)16-8-6-15(7-9-16)14-4-2-1-3-5-14/h6-14H,1-5H2,(H,25,26,28)/b20-11-. The van der Waals surface area contributed by atoms with Gasteiger partial charge in [0.2, 0.25) is 0 Å². The van der Waals surface area contributed by atoms with Gasteiger partial charge in [0.1, 0.15) is 15.7 Å². The van der Waals surface area contributed by atoms with Crippen molar-refractivity contribution in [1.29, 1.82) is 0 Å². The molecule has 1 aromatic carbocycles. The third-order valence-electron chi connectivity index (χ3n) is 5.66. The van der Waals surface area contributed by atoms with Crippen LogP contribution in [0.1, 0.15) is 49.3 Å². The molecule has 0 unspecified atom stereocenters. The molecule has 0 bridgehead atoms. The zero-order valence-electron chi connectivity index (χ0n) is 15.8. The van der Waals surface area contributed by atoms with Crippen molar-refractivity contribution in [2.75, 3.05) is 0 Å². The molecule has 29 heavy (non-hydrogen) atoms. The lowest BCUT2D eigenvalue weighted by atomic mass is 9.84. The SMILES string of the molecule is O=C1NC(=S)S/C1=C\c1cc2cncc(-c3ccc(C4CCCCC4)cc3)c2o1. The van der Waals surface area contributed by atoms with Crippen LogP contribution in [-0.4, -0.2) is 15.2 Å². The number of carbonyl (C=O) groups is 1. The maximum absolute atomic E-state index is 11.9.